The number of carbonyl (C=O) groups is 2. The summed E-state index contributed by atoms with van der Waals surface area (Å²) in [5.41, 5.74) is -1.10. The van der Waals surface area contributed by atoms with E-state index in [1.54, 1.807) is 0 Å². The molecule has 0 bridgehead atoms. The Labute approximate surface area is 145 Å². The van der Waals surface area contributed by atoms with Gasteiger partial charge in [-0.15, -0.1) is 0 Å². The number of rotatable bonds is 10. The quantitative estimate of drug-likeness (QED) is 0.358. The predicted octanol–water partition coefficient (Wildman–Crippen LogP) is 1.82. The van der Waals surface area contributed by atoms with Gasteiger partial charge in [-0.2, -0.15) is 25.3 Å². The molecule has 0 radical (unpaired) electrons. The summed E-state index contributed by atoms with van der Waals surface area (Å²) >= 11 is 8.55. The van der Waals surface area contributed by atoms with E-state index < -0.39 is 11.1 Å². The molecule has 0 aromatic heterocycles. The van der Waals surface area contributed by atoms with Gasteiger partial charge in [-0.3, -0.25) is 9.59 Å². The Balaban J connectivity index is 4.23. The van der Waals surface area contributed by atoms with Gasteiger partial charge in [0, 0.05) is 30.7 Å². The van der Waals surface area contributed by atoms with Gasteiger partial charge in [0.2, 0.25) is 5.91 Å². The van der Waals surface area contributed by atoms with E-state index in [-0.39, 0.29) is 23.7 Å². The molecule has 5 nitrogen and oxygen atoms in total. The standard InChI is InChI=1S/C15H30N2O3S2/c1-11(18)20-15(4,5)10-14(2,3)17-13(19)9-16-8-12(22)6-7-21/h12,16,21-22H,6-10H2,1-5H3,(H,17,19). The molecule has 1 amide bonds. The zero-order chi connectivity index (χ0) is 17.4. The Hall–Kier alpha value is -0.400. The fraction of sp³-hybridized carbons (Fsp3) is 0.867. The number of thiol groups is 2. The largest absolute Gasteiger partial charge is 0.460 e. The molecule has 0 heterocycles. The zero-order valence-electron chi connectivity index (χ0n) is 14.2. The van der Waals surface area contributed by atoms with Crippen LogP contribution in [0.2, 0.25) is 0 Å². The maximum absolute atomic E-state index is 12.0. The van der Waals surface area contributed by atoms with Crippen molar-refractivity contribution in [2.75, 3.05) is 18.8 Å². The first-order chi connectivity index (χ1) is 9.97. The average molecular weight is 351 g/mol. The van der Waals surface area contributed by atoms with E-state index in [0.717, 1.165) is 12.2 Å². The van der Waals surface area contributed by atoms with Crippen molar-refractivity contribution in [2.24, 2.45) is 0 Å². The van der Waals surface area contributed by atoms with E-state index in [4.69, 9.17) is 4.74 Å². The van der Waals surface area contributed by atoms with E-state index >= 15 is 0 Å². The van der Waals surface area contributed by atoms with Gasteiger partial charge in [-0.25, -0.2) is 0 Å². The van der Waals surface area contributed by atoms with E-state index in [0.29, 0.717) is 13.0 Å². The number of hydrogen-bond acceptors (Lipinski definition) is 6. The van der Waals surface area contributed by atoms with Gasteiger partial charge in [0.05, 0.1) is 6.54 Å². The molecule has 0 aliphatic carbocycles. The minimum Gasteiger partial charge on any atom is -0.460 e. The first-order valence-electron chi connectivity index (χ1n) is 7.48. The van der Waals surface area contributed by atoms with Crippen molar-refractivity contribution in [3.8, 4) is 0 Å². The topological polar surface area (TPSA) is 67.4 Å². The predicted molar refractivity (Wildman–Crippen MR) is 96.8 cm³/mol. The summed E-state index contributed by atoms with van der Waals surface area (Å²) in [6.45, 7) is 9.79. The molecule has 0 aromatic carbocycles. The molecule has 7 heteroatoms. The van der Waals surface area contributed by atoms with Crippen LogP contribution in [0.15, 0.2) is 0 Å². The van der Waals surface area contributed by atoms with Crippen LogP contribution < -0.4 is 10.6 Å². The molecule has 0 aliphatic heterocycles. The van der Waals surface area contributed by atoms with E-state index in [1.165, 1.54) is 6.92 Å². The average Bonchev–Trinajstić information content (AvgIpc) is 2.24. The van der Waals surface area contributed by atoms with E-state index in [1.807, 2.05) is 27.7 Å². The van der Waals surface area contributed by atoms with Crippen molar-refractivity contribution in [3.05, 3.63) is 0 Å². The molecule has 0 aliphatic rings. The molecule has 1 atom stereocenters. The van der Waals surface area contributed by atoms with Gasteiger partial charge in [0.1, 0.15) is 5.60 Å². The molecule has 1 unspecified atom stereocenters. The fourth-order valence-electron chi connectivity index (χ4n) is 2.56. The zero-order valence-corrected chi connectivity index (χ0v) is 16.0. The Kier molecular flexibility index (Phi) is 9.50. The van der Waals surface area contributed by atoms with Crippen LogP contribution >= 0.6 is 25.3 Å². The number of amides is 1. The van der Waals surface area contributed by atoms with Crippen LogP contribution in [0.5, 0.6) is 0 Å². The van der Waals surface area contributed by atoms with Crippen molar-refractivity contribution < 1.29 is 14.3 Å². The molecular formula is C15H30N2O3S2. The number of nitrogens with one attached hydrogen (secondary N) is 2. The molecule has 0 aromatic rings. The van der Waals surface area contributed by atoms with Crippen LogP contribution in [0, 0.1) is 0 Å². The summed E-state index contributed by atoms with van der Waals surface area (Å²) in [5, 5.41) is 6.23. The molecule has 0 rings (SSSR count). The summed E-state index contributed by atoms with van der Waals surface area (Å²) < 4.78 is 5.27. The maximum atomic E-state index is 12.0. The molecule has 0 saturated carbocycles. The van der Waals surface area contributed by atoms with Gasteiger partial charge in [-0.1, -0.05) is 0 Å². The van der Waals surface area contributed by atoms with Gasteiger partial charge < -0.3 is 15.4 Å². The lowest BCUT2D eigenvalue weighted by atomic mass is 9.89. The third kappa shape index (κ3) is 11.2. The Morgan fingerprint density at radius 1 is 1.23 bits per heavy atom. The van der Waals surface area contributed by atoms with Crippen LogP contribution in [-0.4, -0.2) is 47.1 Å². The third-order valence-corrected chi connectivity index (χ3v) is 3.59. The highest BCUT2D eigenvalue weighted by molar-refractivity contribution is 7.81. The minimum atomic E-state index is -0.626. The van der Waals surface area contributed by atoms with Crippen molar-refractivity contribution in [1.82, 2.24) is 10.6 Å². The first kappa shape index (κ1) is 21.6. The van der Waals surface area contributed by atoms with Crippen LogP contribution in [0.25, 0.3) is 0 Å². The Bertz CT molecular complexity index is 374. The molecule has 0 saturated heterocycles. The SMILES string of the molecule is CC(=O)OC(C)(C)CC(C)(C)NC(=O)CNCC(S)CCS. The van der Waals surface area contributed by atoms with Gasteiger partial charge in [0.25, 0.3) is 0 Å². The summed E-state index contributed by atoms with van der Waals surface area (Å²) in [5.74, 6) is 0.369. The van der Waals surface area contributed by atoms with E-state index in [9.17, 15) is 9.59 Å². The molecule has 2 N–H and O–H groups in total. The molecular weight excluding hydrogens is 320 g/mol. The highest BCUT2D eigenvalue weighted by atomic mass is 32.1. The van der Waals surface area contributed by atoms with Crippen molar-refractivity contribution in [1.29, 1.82) is 0 Å². The van der Waals surface area contributed by atoms with Crippen molar-refractivity contribution in [2.45, 2.75) is 63.9 Å². The molecule has 130 valence electrons. The second kappa shape index (κ2) is 9.67. The second-order valence-corrected chi connectivity index (χ2v) is 7.94. The summed E-state index contributed by atoms with van der Waals surface area (Å²) in [6, 6.07) is 0. The number of hydrogen-bond donors (Lipinski definition) is 4. The van der Waals surface area contributed by atoms with Gasteiger partial charge in [0.15, 0.2) is 0 Å². The highest BCUT2D eigenvalue weighted by Crippen LogP contribution is 2.23. The maximum Gasteiger partial charge on any atom is 0.303 e. The monoisotopic (exact) mass is 350 g/mol. The third-order valence-electron chi connectivity index (χ3n) is 2.89. The first-order valence-corrected chi connectivity index (χ1v) is 8.62. The fourth-order valence-corrected chi connectivity index (χ4v) is 3.33. The Morgan fingerprint density at radius 3 is 2.32 bits per heavy atom. The van der Waals surface area contributed by atoms with Crippen LogP contribution in [-0.2, 0) is 14.3 Å². The Morgan fingerprint density at radius 2 is 1.82 bits per heavy atom. The van der Waals surface area contributed by atoms with Crippen LogP contribution in [0.3, 0.4) is 0 Å². The lowest BCUT2D eigenvalue weighted by Crippen LogP contribution is -2.51. The summed E-state index contributed by atoms with van der Waals surface area (Å²) in [4.78, 5) is 23.1. The number of ether oxygens (including phenoxy) is 1. The van der Waals surface area contributed by atoms with Crippen LogP contribution in [0.4, 0.5) is 0 Å². The van der Waals surface area contributed by atoms with Gasteiger partial charge >= 0.3 is 5.97 Å². The van der Waals surface area contributed by atoms with E-state index in [2.05, 4.69) is 35.9 Å². The van der Waals surface area contributed by atoms with Crippen LogP contribution in [0.1, 0.15) is 47.5 Å². The smallest absolute Gasteiger partial charge is 0.303 e. The minimum absolute atomic E-state index is 0.0879. The lowest BCUT2D eigenvalue weighted by molar-refractivity contribution is -0.155. The van der Waals surface area contributed by atoms with Gasteiger partial charge in [-0.05, 0) is 39.9 Å². The number of carbonyl (C=O) groups excluding carboxylic acids is 2. The summed E-state index contributed by atoms with van der Waals surface area (Å²) in [6.07, 6.45) is 1.42. The molecule has 0 fully saturated rings. The lowest BCUT2D eigenvalue weighted by Gasteiger charge is -2.35. The normalized spacial score (nSPS) is 13.6. The molecule has 0 spiro atoms. The highest BCUT2D eigenvalue weighted by Gasteiger charge is 2.32. The second-order valence-electron chi connectivity index (χ2n) is 6.76. The van der Waals surface area contributed by atoms with Crippen molar-refractivity contribution >= 4 is 37.1 Å². The molecule has 22 heavy (non-hydrogen) atoms. The number of esters is 1. The summed E-state index contributed by atoms with van der Waals surface area (Å²) in [7, 11) is 0. The van der Waals surface area contributed by atoms with Crippen molar-refractivity contribution in [3.63, 3.8) is 0 Å².